The predicted molar refractivity (Wildman–Crippen MR) is 144 cm³/mol. The van der Waals surface area contributed by atoms with Gasteiger partial charge in [0.05, 0.1) is 38.4 Å². The van der Waals surface area contributed by atoms with Crippen molar-refractivity contribution in [3.63, 3.8) is 0 Å². The van der Waals surface area contributed by atoms with E-state index in [1.165, 1.54) is 18.2 Å². The number of azo groups is 1. The third kappa shape index (κ3) is 9.57. The van der Waals surface area contributed by atoms with Gasteiger partial charge in [0.25, 0.3) is 0 Å². The zero-order valence-electron chi connectivity index (χ0n) is 22.6. The number of morpholine rings is 1. The number of hydrogen-bond donors (Lipinski definition) is 2. The predicted octanol–water partition coefficient (Wildman–Crippen LogP) is 4.49. The molecule has 0 aliphatic carbocycles. The highest BCUT2D eigenvalue weighted by Crippen LogP contribution is 2.30. The van der Waals surface area contributed by atoms with Gasteiger partial charge >= 0.3 is 12.2 Å². The van der Waals surface area contributed by atoms with Crippen molar-refractivity contribution in [3.8, 4) is 12.2 Å². The molecule has 1 aliphatic heterocycles. The highest BCUT2D eigenvalue weighted by molar-refractivity contribution is 5.81. The van der Waals surface area contributed by atoms with E-state index in [9.17, 15) is 22.0 Å². The Bertz CT molecular complexity index is 1490. The highest BCUT2D eigenvalue weighted by Gasteiger charge is 2.30. The lowest BCUT2D eigenvalue weighted by Crippen LogP contribution is -2.37. The number of aromatic nitrogens is 2. The molecule has 1 saturated heterocycles. The van der Waals surface area contributed by atoms with E-state index in [1.807, 2.05) is 4.90 Å². The van der Waals surface area contributed by atoms with Crippen LogP contribution >= 0.6 is 0 Å². The van der Waals surface area contributed by atoms with Gasteiger partial charge in [0.1, 0.15) is 12.4 Å². The molecule has 0 saturated carbocycles. The summed E-state index contributed by atoms with van der Waals surface area (Å²) in [5.41, 5.74) is -0.0440. The van der Waals surface area contributed by atoms with Crippen LogP contribution in [0.2, 0.25) is 0 Å². The van der Waals surface area contributed by atoms with Crippen LogP contribution in [0.4, 0.5) is 33.6 Å². The van der Waals surface area contributed by atoms with Crippen LogP contribution in [0.15, 0.2) is 63.8 Å². The van der Waals surface area contributed by atoms with Gasteiger partial charge in [-0.1, -0.05) is 18.2 Å². The summed E-state index contributed by atoms with van der Waals surface area (Å²) in [5.74, 6) is -1.24. The molecule has 4 rings (SSSR count). The fourth-order valence-corrected chi connectivity index (χ4v) is 3.82. The number of nitrogens with zero attached hydrogens (tertiary/aromatic N) is 7. The average molecular weight is 604 g/mol. The summed E-state index contributed by atoms with van der Waals surface area (Å²) in [7, 11) is 0. The first-order chi connectivity index (χ1) is 20.7. The largest absolute Gasteiger partial charge is 0.461 e. The molecule has 0 bridgehead atoms. The van der Waals surface area contributed by atoms with E-state index < -0.39 is 23.4 Å². The zero-order valence-corrected chi connectivity index (χ0v) is 22.6. The Morgan fingerprint density at radius 2 is 1.81 bits per heavy atom. The van der Waals surface area contributed by atoms with Gasteiger partial charge in [0.15, 0.2) is 23.6 Å². The van der Waals surface area contributed by atoms with Crippen LogP contribution in [0.5, 0.6) is 6.01 Å². The summed E-state index contributed by atoms with van der Waals surface area (Å²) in [6.07, 6.45) is -2.73. The van der Waals surface area contributed by atoms with E-state index in [0.717, 1.165) is 24.3 Å². The maximum absolute atomic E-state index is 13.4. The molecule has 3 aromatic rings. The van der Waals surface area contributed by atoms with Gasteiger partial charge in [0, 0.05) is 19.2 Å². The number of nitriles is 1. The number of hydrogen-bond acceptors (Lipinski definition) is 9. The van der Waals surface area contributed by atoms with Crippen molar-refractivity contribution in [3.05, 3.63) is 76.9 Å². The van der Waals surface area contributed by atoms with Crippen LogP contribution < -0.4 is 20.3 Å². The molecule has 16 heteroatoms. The molecule has 2 aromatic carbocycles. The van der Waals surface area contributed by atoms with Crippen molar-refractivity contribution in [2.24, 2.45) is 15.2 Å². The Labute approximate surface area is 243 Å². The lowest BCUT2D eigenvalue weighted by atomic mass is 10.1. The van der Waals surface area contributed by atoms with Crippen LogP contribution in [0.25, 0.3) is 0 Å². The molecule has 0 spiro atoms. The first kappa shape index (κ1) is 31.0. The average Bonchev–Trinajstić information content (AvgIpc) is 3.00. The van der Waals surface area contributed by atoms with Crippen molar-refractivity contribution < 1.29 is 31.4 Å². The first-order valence-corrected chi connectivity index (χ1v) is 13.0. The standard InChI is InChI=1S/C27H26F5N9O2/c28-21-5-4-19(13-22(21)29)15-35-25(36-17-33)34-6-9-43-26-38-23(14-24(39-26)41-7-10-42-11-8-41)40-37-16-18-2-1-3-20(12-18)27(30,31)32/h1-5,12-14H,6-11,15-16H2,(H2,34,35,36). The molecule has 1 aliphatic rings. The molecule has 226 valence electrons. The minimum atomic E-state index is -4.47. The number of rotatable bonds is 10. The molecule has 11 nitrogen and oxygen atoms in total. The molecule has 1 aromatic heterocycles. The number of anilines is 1. The van der Waals surface area contributed by atoms with Crippen molar-refractivity contribution >= 4 is 17.6 Å². The highest BCUT2D eigenvalue weighted by atomic mass is 19.4. The van der Waals surface area contributed by atoms with E-state index in [2.05, 4.69) is 35.8 Å². The number of benzene rings is 2. The normalized spacial score (nSPS) is 14.0. The quantitative estimate of drug-likeness (QED) is 0.0659. The van der Waals surface area contributed by atoms with Crippen LogP contribution in [0, 0.1) is 23.1 Å². The third-order valence-corrected chi connectivity index (χ3v) is 5.90. The monoisotopic (exact) mass is 603 g/mol. The van der Waals surface area contributed by atoms with E-state index in [-0.39, 0.29) is 44.0 Å². The Balaban J connectivity index is 1.40. The molecule has 1 fully saturated rings. The SMILES string of the molecule is N#CNC(=NCc1ccc(F)c(F)c1)NCCOc1nc(N=NCc2cccc(C(F)(F)F)c2)cc(N2CCOCC2)n1. The summed E-state index contributed by atoms with van der Waals surface area (Å²) in [6.45, 7) is 2.19. The van der Waals surface area contributed by atoms with Gasteiger partial charge in [-0.25, -0.2) is 13.8 Å². The lowest BCUT2D eigenvalue weighted by Gasteiger charge is -2.27. The molecule has 43 heavy (non-hydrogen) atoms. The molecular formula is C27H26F5N9O2. The van der Waals surface area contributed by atoms with Crippen LogP contribution in [-0.4, -0.2) is 55.4 Å². The van der Waals surface area contributed by atoms with Crippen molar-refractivity contribution in [1.82, 2.24) is 20.6 Å². The number of nitrogens with one attached hydrogen (secondary N) is 2. The van der Waals surface area contributed by atoms with E-state index in [0.29, 0.717) is 43.2 Å². The first-order valence-electron chi connectivity index (χ1n) is 13.0. The smallest absolute Gasteiger partial charge is 0.416 e. The molecular weight excluding hydrogens is 577 g/mol. The Morgan fingerprint density at radius 3 is 2.56 bits per heavy atom. The van der Waals surface area contributed by atoms with Crippen molar-refractivity contribution in [1.29, 1.82) is 5.26 Å². The second kappa shape index (κ2) is 14.8. The Hall–Kier alpha value is -4.91. The van der Waals surface area contributed by atoms with Gasteiger partial charge < -0.3 is 19.7 Å². The summed E-state index contributed by atoms with van der Waals surface area (Å²) in [6, 6.07) is 9.77. The second-order valence-corrected chi connectivity index (χ2v) is 8.99. The molecule has 0 amide bonds. The lowest BCUT2D eigenvalue weighted by molar-refractivity contribution is -0.137. The Morgan fingerprint density at radius 1 is 1.02 bits per heavy atom. The third-order valence-electron chi connectivity index (χ3n) is 5.90. The number of guanidine groups is 1. The zero-order chi connectivity index (χ0) is 30.7. The Kier molecular flexibility index (Phi) is 10.7. The number of halogens is 5. The van der Waals surface area contributed by atoms with E-state index in [1.54, 1.807) is 12.3 Å². The minimum Gasteiger partial charge on any atom is -0.461 e. The van der Waals surface area contributed by atoms with Gasteiger partial charge in [-0.05, 0) is 35.4 Å². The fourth-order valence-electron chi connectivity index (χ4n) is 3.82. The number of alkyl halides is 3. The topological polar surface area (TPSA) is 132 Å². The maximum Gasteiger partial charge on any atom is 0.416 e. The molecule has 2 heterocycles. The molecule has 0 atom stereocenters. The summed E-state index contributed by atoms with van der Waals surface area (Å²) in [4.78, 5) is 14.8. The van der Waals surface area contributed by atoms with Gasteiger partial charge in [0.2, 0.25) is 5.96 Å². The fraction of sp³-hybridized carbons (Fsp3) is 0.333. The minimum absolute atomic E-state index is 0.0192. The second-order valence-electron chi connectivity index (χ2n) is 8.99. The molecule has 2 N–H and O–H groups in total. The summed E-state index contributed by atoms with van der Waals surface area (Å²) >= 11 is 0. The summed E-state index contributed by atoms with van der Waals surface area (Å²) in [5, 5.41) is 22.3. The van der Waals surface area contributed by atoms with Crippen molar-refractivity contribution in [2.75, 3.05) is 44.4 Å². The van der Waals surface area contributed by atoms with E-state index >= 15 is 0 Å². The molecule has 0 unspecified atom stereocenters. The molecule has 0 radical (unpaired) electrons. The van der Waals surface area contributed by atoms with Crippen LogP contribution in [-0.2, 0) is 24.0 Å². The van der Waals surface area contributed by atoms with Gasteiger partial charge in [-0.15, -0.1) is 5.11 Å². The van der Waals surface area contributed by atoms with Crippen LogP contribution in [0.3, 0.4) is 0 Å². The van der Waals surface area contributed by atoms with E-state index in [4.69, 9.17) is 14.7 Å². The number of ether oxygens (including phenoxy) is 2. The van der Waals surface area contributed by atoms with Gasteiger partial charge in [-0.2, -0.15) is 33.5 Å². The van der Waals surface area contributed by atoms with Crippen LogP contribution in [0.1, 0.15) is 16.7 Å². The maximum atomic E-state index is 13.4. The number of aliphatic imine (C=N–C) groups is 1. The summed E-state index contributed by atoms with van der Waals surface area (Å²) < 4.78 is 76.7. The van der Waals surface area contributed by atoms with Gasteiger partial charge in [-0.3, -0.25) is 5.32 Å². The van der Waals surface area contributed by atoms with Crippen molar-refractivity contribution in [2.45, 2.75) is 19.3 Å².